The maximum absolute atomic E-state index is 11.3. The molecule has 1 saturated heterocycles. The van der Waals surface area contributed by atoms with Crippen LogP contribution in [0, 0.1) is 0 Å². The maximum atomic E-state index is 11.3. The quantitative estimate of drug-likeness (QED) is 0.760. The number of anilines is 2. The zero-order chi connectivity index (χ0) is 14.5. The number of hydrogen-bond acceptors (Lipinski definition) is 8. The number of carbonyl (C=O) groups is 1. The van der Waals surface area contributed by atoms with Crippen LogP contribution in [0.15, 0.2) is 6.07 Å². The molecule has 0 radical (unpaired) electrons. The minimum atomic E-state index is -0.295. The second-order valence-electron chi connectivity index (χ2n) is 4.35. The topological polar surface area (TPSA) is 99.8 Å². The predicted octanol–water partition coefficient (Wildman–Crippen LogP) is -0.164. The number of nitrogens with zero attached hydrogens (tertiary/aromatic N) is 3. The Morgan fingerprint density at radius 3 is 3.05 bits per heavy atom. The van der Waals surface area contributed by atoms with E-state index in [4.69, 9.17) is 15.2 Å². The van der Waals surface area contributed by atoms with E-state index in [2.05, 4.69) is 14.7 Å². The summed E-state index contributed by atoms with van der Waals surface area (Å²) in [5.41, 5.74) is 5.64. The molecule has 1 fully saturated rings. The number of methoxy groups -OCH3 is 2. The fourth-order valence-corrected chi connectivity index (χ4v) is 2.02. The van der Waals surface area contributed by atoms with Gasteiger partial charge in [0.2, 0.25) is 11.8 Å². The molecule has 8 nitrogen and oxygen atoms in total. The molecule has 1 aliphatic heterocycles. The van der Waals surface area contributed by atoms with E-state index in [1.807, 2.05) is 4.90 Å². The average Bonchev–Trinajstić information content (AvgIpc) is 2.46. The molecular weight excluding hydrogens is 264 g/mol. The van der Waals surface area contributed by atoms with Gasteiger partial charge in [-0.25, -0.2) is 0 Å². The number of esters is 1. The Balaban J connectivity index is 2.08. The molecule has 2 heterocycles. The van der Waals surface area contributed by atoms with Gasteiger partial charge in [0.1, 0.15) is 5.82 Å². The summed E-state index contributed by atoms with van der Waals surface area (Å²) in [5.74, 6) is 0.919. The fourth-order valence-electron chi connectivity index (χ4n) is 2.02. The van der Waals surface area contributed by atoms with Crippen molar-refractivity contribution in [3.63, 3.8) is 0 Å². The van der Waals surface area contributed by atoms with Gasteiger partial charge in [-0.2, -0.15) is 9.97 Å². The van der Waals surface area contributed by atoms with Crippen molar-refractivity contribution in [2.75, 3.05) is 44.5 Å². The second-order valence-corrected chi connectivity index (χ2v) is 4.35. The highest BCUT2D eigenvalue weighted by Gasteiger charge is 2.24. The Labute approximate surface area is 116 Å². The van der Waals surface area contributed by atoms with Crippen molar-refractivity contribution in [3.8, 4) is 5.88 Å². The molecule has 0 saturated carbocycles. The van der Waals surface area contributed by atoms with Crippen LogP contribution in [0.3, 0.4) is 0 Å². The third-order valence-electron chi connectivity index (χ3n) is 3.00. The minimum Gasteiger partial charge on any atom is -0.481 e. The number of hydrogen-bond donors (Lipinski definition) is 1. The van der Waals surface area contributed by atoms with Gasteiger partial charge in [-0.3, -0.25) is 4.79 Å². The van der Waals surface area contributed by atoms with E-state index in [1.165, 1.54) is 14.2 Å². The average molecular weight is 282 g/mol. The number of rotatable bonds is 4. The van der Waals surface area contributed by atoms with E-state index >= 15 is 0 Å². The van der Waals surface area contributed by atoms with E-state index in [0.29, 0.717) is 31.4 Å². The lowest BCUT2D eigenvalue weighted by Gasteiger charge is -2.33. The Kier molecular flexibility index (Phi) is 4.57. The number of aromatic nitrogens is 2. The SMILES string of the molecule is COC(=O)CC1CN(c2cc(OC)nc(N)n2)CCO1. The van der Waals surface area contributed by atoms with Crippen LogP contribution in [0.1, 0.15) is 6.42 Å². The van der Waals surface area contributed by atoms with Crippen molar-refractivity contribution >= 4 is 17.7 Å². The van der Waals surface area contributed by atoms with Gasteiger partial charge in [0.05, 0.1) is 33.4 Å². The number of ether oxygens (including phenoxy) is 3. The lowest BCUT2D eigenvalue weighted by Crippen LogP contribution is -2.44. The van der Waals surface area contributed by atoms with Gasteiger partial charge < -0.3 is 24.8 Å². The van der Waals surface area contributed by atoms with Crippen LogP contribution in [0.4, 0.5) is 11.8 Å². The normalized spacial score (nSPS) is 18.7. The third-order valence-corrected chi connectivity index (χ3v) is 3.00. The number of nitrogens with two attached hydrogens (primary N) is 1. The van der Waals surface area contributed by atoms with Crippen LogP contribution in [0.5, 0.6) is 5.88 Å². The molecule has 0 spiro atoms. The first-order chi connectivity index (χ1) is 9.62. The molecule has 0 aromatic carbocycles. The van der Waals surface area contributed by atoms with Gasteiger partial charge in [-0.15, -0.1) is 0 Å². The van der Waals surface area contributed by atoms with E-state index < -0.39 is 0 Å². The van der Waals surface area contributed by atoms with Crippen molar-refractivity contribution < 1.29 is 19.0 Å². The van der Waals surface area contributed by atoms with Crippen LogP contribution in [0.25, 0.3) is 0 Å². The molecule has 1 aromatic heterocycles. The third kappa shape index (κ3) is 3.47. The highest BCUT2D eigenvalue weighted by atomic mass is 16.5. The second kappa shape index (κ2) is 6.38. The smallest absolute Gasteiger partial charge is 0.308 e. The van der Waals surface area contributed by atoms with E-state index in [-0.39, 0.29) is 24.4 Å². The van der Waals surface area contributed by atoms with Crippen LogP contribution < -0.4 is 15.4 Å². The molecule has 1 atom stereocenters. The summed E-state index contributed by atoms with van der Waals surface area (Å²) in [6.07, 6.45) is -0.0107. The molecule has 8 heteroatoms. The van der Waals surface area contributed by atoms with Crippen molar-refractivity contribution in [2.24, 2.45) is 0 Å². The summed E-state index contributed by atoms with van der Waals surface area (Å²) in [6.45, 7) is 1.71. The number of morpholine rings is 1. The van der Waals surface area contributed by atoms with Crippen LogP contribution in [-0.4, -0.2) is 56.0 Å². The Bertz CT molecular complexity index is 483. The highest BCUT2D eigenvalue weighted by Crippen LogP contribution is 2.21. The molecule has 20 heavy (non-hydrogen) atoms. The standard InChI is InChI=1S/C12H18N4O4/c1-18-10-6-9(14-12(13)15-10)16-3-4-20-8(7-16)5-11(17)19-2/h6,8H,3-5,7H2,1-2H3,(H2,13,14,15). The van der Waals surface area contributed by atoms with E-state index in [0.717, 1.165) is 0 Å². The van der Waals surface area contributed by atoms with Crippen molar-refractivity contribution in [1.29, 1.82) is 0 Å². The number of carbonyl (C=O) groups excluding carboxylic acids is 1. The summed E-state index contributed by atoms with van der Waals surface area (Å²) < 4.78 is 15.3. The van der Waals surface area contributed by atoms with Gasteiger partial charge >= 0.3 is 5.97 Å². The molecule has 2 N–H and O–H groups in total. The van der Waals surface area contributed by atoms with Crippen molar-refractivity contribution in [1.82, 2.24) is 9.97 Å². The monoisotopic (exact) mass is 282 g/mol. The molecule has 1 aromatic rings. The zero-order valence-corrected chi connectivity index (χ0v) is 11.5. The zero-order valence-electron chi connectivity index (χ0n) is 11.5. The van der Waals surface area contributed by atoms with Gasteiger partial charge in [0.25, 0.3) is 0 Å². The Morgan fingerprint density at radius 2 is 2.35 bits per heavy atom. The first-order valence-electron chi connectivity index (χ1n) is 6.24. The molecule has 0 amide bonds. The number of nitrogen functional groups attached to an aromatic ring is 1. The molecule has 1 unspecified atom stereocenters. The van der Waals surface area contributed by atoms with Crippen molar-refractivity contribution in [2.45, 2.75) is 12.5 Å². The minimum absolute atomic E-state index is 0.148. The van der Waals surface area contributed by atoms with Crippen molar-refractivity contribution in [3.05, 3.63) is 6.07 Å². The fraction of sp³-hybridized carbons (Fsp3) is 0.583. The largest absolute Gasteiger partial charge is 0.481 e. The van der Waals surface area contributed by atoms with Gasteiger partial charge in [-0.05, 0) is 0 Å². The van der Waals surface area contributed by atoms with Crippen LogP contribution in [0.2, 0.25) is 0 Å². The summed E-state index contributed by atoms with van der Waals surface area (Å²) in [4.78, 5) is 21.4. The predicted molar refractivity (Wildman–Crippen MR) is 71.6 cm³/mol. The molecule has 110 valence electrons. The summed E-state index contributed by atoms with van der Waals surface area (Å²) in [6, 6.07) is 1.71. The summed E-state index contributed by atoms with van der Waals surface area (Å²) in [7, 11) is 2.88. The first-order valence-corrected chi connectivity index (χ1v) is 6.24. The van der Waals surface area contributed by atoms with Crippen LogP contribution in [-0.2, 0) is 14.3 Å². The summed E-state index contributed by atoms with van der Waals surface area (Å²) in [5, 5.41) is 0. The highest BCUT2D eigenvalue weighted by molar-refractivity contribution is 5.70. The Morgan fingerprint density at radius 1 is 1.55 bits per heavy atom. The molecule has 2 rings (SSSR count). The summed E-state index contributed by atoms with van der Waals surface area (Å²) >= 11 is 0. The first kappa shape index (κ1) is 14.3. The van der Waals surface area contributed by atoms with E-state index in [1.54, 1.807) is 6.07 Å². The van der Waals surface area contributed by atoms with Gasteiger partial charge in [0, 0.05) is 19.2 Å². The van der Waals surface area contributed by atoms with E-state index in [9.17, 15) is 4.79 Å². The lowest BCUT2D eigenvalue weighted by atomic mass is 10.2. The Hall–Kier alpha value is -2.09. The molecule has 0 bridgehead atoms. The lowest BCUT2D eigenvalue weighted by molar-refractivity contribution is -0.144. The molecular formula is C12H18N4O4. The van der Waals surface area contributed by atoms with Gasteiger partial charge in [-0.1, -0.05) is 0 Å². The molecule has 1 aliphatic rings. The maximum Gasteiger partial charge on any atom is 0.308 e. The molecule has 0 aliphatic carbocycles. The van der Waals surface area contributed by atoms with Gasteiger partial charge in [0.15, 0.2) is 0 Å². The van der Waals surface area contributed by atoms with Crippen LogP contribution >= 0.6 is 0 Å².